The normalized spacial score (nSPS) is 26.5. The Hall–Kier alpha value is 0.170. The summed E-state index contributed by atoms with van der Waals surface area (Å²) >= 11 is 6.44. The van der Waals surface area contributed by atoms with E-state index in [4.69, 9.17) is 5.11 Å². The number of carboxylic acids is 1. The Kier molecular flexibility index (Phi) is 2.18. The van der Waals surface area contributed by atoms with E-state index >= 15 is 0 Å². The molecule has 1 N–H and O–H groups in total. The van der Waals surface area contributed by atoms with Gasteiger partial charge in [-0.15, -0.1) is 0 Å². The van der Waals surface area contributed by atoms with Crippen molar-refractivity contribution in [2.75, 3.05) is 0 Å². The molecular formula is C7H8Br2O2. The van der Waals surface area contributed by atoms with Crippen LogP contribution in [0.15, 0.2) is 8.96 Å². The van der Waals surface area contributed by atoms with Crippen LogP contribution in [0.4, 0.5) is 0 Å². The number of hydrogen-bond acceptors (Lipinski definition) is 1. The molecule has 62 valence electrons. The van der Waals surface area contributed by atoms with Gasteiger partial charge in [0.1, 0.15) is 0 Å². The first kappa shape index (κ1) is 9.26. The summed E-state index contributed by atoms with van der Waals surface area (Å²) in [5, 5.41) is 8.73. The zero-order valence-corrected chi connectivity index (χ0v) is 9.36. The van der Waals surface area contributed by atoms with E-state index in [0.29, 0.717) is 0 Å². The molecule has 0 bridgehead atoms. The molecule has 1 aliphatic rings. The Morgan fingerprint density at radius 1 is 1.55 bits per heavy atom. The van der Waals surface area contributed by atoms with E-state index in [1.165, 1.54) is 0 Å². The van der Waals surface area contributed by atoms with E-state index in [-0.39, 0.29) is 11.3 Å². The molecule has 1 unspecified atom stereocenters. The van der Waals surface area contributed by atoms with E-state index in [0.717, 1.165) is 8.96 Å². The van der Waals surface area contributed by atoms with Crippen LogP contribution in [-0.4, -0.2) is 11.1 Å². The molecule has 0 amide bonds. The van der Waals surface area contributed by atoms with Crippen LogP contribution in [0.1, 0.15) is 13.8 Å². The van der Waals surface area contributed by atoms with Gasteiger partial charge in [-0.2, -0.15) is 0 Å². The quantitative estimate of drug-likeness (QED) is 0.803. The molecule has 0 spiro atoms. The molecule has 1 aliphatic carbocycles. The molecule has 0 heterocycles. The van der Waals surface area contributed by atoms with E-state index < -0.39 is 5.97 Å². The molecule has 2 nitrogen and oxygen atoms in total. The fourth-order valence-corrected chi connectivity index (χ4v) is 2.81. The first-order valence-electron chi connectivity index (χ1n) is 3.17. The first-order chi connectivity index (χ1) is 4.89. The highest BCUT2D eigenvalue weighted by Crippen LogP contribution is 2.61. The SMILES string of the molecule is CC1(C)C(=C(Br)Br)C1C(=O)O. The van der Waals surface area contributed by atoms with Gasteiger partial charge in [-0.05, 0) is 37.4 Å². The second-order valence-electron chi connectivity index (χ2n) is 3.17. The van der Waals surface area contributed by atoms with Gasteiger partial charge >= 0.3 is 5.97 Å². The maximum Gasteiger partial charge on any atom is 0.311 e. The average molecular weight is 284 g/mol. The minimum absolute atomic E-state index is 0.186. The van der Waals surface area contributed by atoms with E-state index in [2.05, 4.69) is 31.9 Å². The van der Waals surface area contributed by atoms with Crippen molar-refractivity contribution in [3.05, 3.63) is 8.96 Å². The summed E-state index contributed by atoms with van der Waals surface area (Å²) in [5.74, 6) is -1.07. The maximum atomic E-state index is 10.6. The lowest BCUT2D eigenvalue weighted by Crippen LogP contribution is -2.02. The molecule has 0 aromatic rings. The highest BCUT2D eigenvalue weighted by atomic mass is 79.9. The summed E-state index contributed by atoms with van der Waals surface area (Å²) in [7, 11) is 0. The molecule has 1 saturated carbocycles. The highest BCUT2D eigenvalue weighted by molar-refractivity contribution is 9.28. The third kappa shape index (κ3) is 1.38. The zero-order valence-electron chi connectivity index (χ0n) is 6.19. The van der Waals surface area contributed by atoms with Crippen molar-refractivity contribution in [2.45, 2.75) is 13.8 Å². The third-order valence-corrected chi connectivity index (χ3v) is 2.93. The van der Waals surface area contributed by atoms with Crippen LogP contribution in [0.2, 0.25) is 0 Å². The summed E-state index contributed by atoms with van der Waals surface area (Å²) in [4.78, 5) is 10.6. The standard InChI is InChI=1S/C7H8Br2O2/c1-7(2)3(5(8)9)4(7)6(10)11/h4H,1-2H3,(H,10,11). The van der Waals surface area contributed by atoms with E-state index in [1.54, 1.807) is 0 Å². The van der Waals surface area contributed by atoms with Crippen molar-refractivity contribution in [1.29, 1.82) is 0 Å². The lowest BCUT2D eigenvalue weighted by molar-refractivity contribution is -0.139. The largest absolute Gasteiger partial charge is 0.481 e. The Balaban J connectivity index is 2.94. The van der Waals surface area contributed by atoms with Gasteiger partial charge in [-0.25, -0.2) is 0 Å². The van der Waals surface area contributed by atoms with E-state index in [9.17, 15) is 4.79 Å². The maximum absolute atomic E-state index is 10.6. The lowest BCUT2D eigenvalue weighted by Gasteiger charge is -1.93. The molecular weight excluding hydrogens is 276 g/mol. The van der Waals surface area contributed by atoms with Gasteiger partial charge in [0.15, 0.2) is 0 Å². The molecule has 0 aromatic carbocycles. The van der Waals surface area contributed by atoms with Gasteiger partial charge in [-0.3, -0.25) is 4.79 Å². The number of carboxylic acid groups (broad SMARTS) is 1. The van der Waals surface area contributed by atoms with Gasteiger partial charge in [0.25, 0.3) is 0 Å². The van der Waals surface area contributed by atoms with Crippen LogP contribution in [0.25, 0.3) is 0 Å². The van der Waals surface area contributed by atoms with Gasteiger partial charge in [0.2, 0.25) is 0 Å². The Labute approximate surface area is 81.9 Å². The molecule has 11 heavy (non-hydrogen) atoms. The van der Waals surface area contributed by atoms with Crippen LogP contribution in [0.5, 0.6) is 0 Å². The van der Waals surface area contributed by atoms with E-state index in [1.807, 2.05) is 13.8 Å². The molecule has 1 rings (SSSR count). The number of aliphatic carboxylic acids is 1. The van der Waals surface area contributed by atoms with Crippen molar-refractivity contribution in [3.8, 4) is 0 Å². The van der Waals surface area contributed by atoms with Crippen LogP contribution in [0.3, 0.4) is 0 Å². The molecule has 4 heteroatoms. The fraction of sp³-hybridized carbons (Fsp3) is 0.571. The van der Waals surface area contributed by atoms with Crippen molar-refractivity contribution in [3.63, 3.8) is 0 Å². The first-order valence-corrected chi connectivity index (χ1v) is 4.76. The predicted octanol–water partition coefficient (Wildman–Crippen LogP) is 2.73. The second kappa shape index (κ2) is 2.59. The van der Waals surface area contributed by atoms with Gasteiger partial charge < -0.3 is 5.11 Å². The van der Waals surface area contributed by atoms with Gasteiger partial charge in [0.05, 0.1) is 9.31 Å². The molecule has 0 radical (unpaired) electrons. The molecule has 1 fully saturated rings. The average Bonchev–Trinajstić information content (AvgIpc) is 2.33. The summed E-state index contributed by atoms with van der Waals surface area (Å²) in [6, 6.07) is 0. The molecule has 0 saturated heterocycles. The van der Waals surface area contributed by atoms with Crippen molar-refractivity contribution >= 4 is 37.8 Å². The smallest absolute Gasteiger partial charge is 0.311 e. The number of carbonyl (C=O) groups is 1. The van der Waals surface area contributed by atoms with Crippen molar-refractivity contribution in [2.24, 2.45) is 11.3 Å². The monoisotopic (exact) mass is 282 g/mol. The zero-order chi connectivity index (χ0) is 8.81. The summed E-state index contributed by atoms with van der Waals surface area (Å²) in [6.07, 6.45) is 0. The summed E-state index contributed by atoms with van der Waals surface area (Å²) in [6.45, 7) is 3.84. The Morgan fingerprint density at radius 3 is 2.09 bits per heavy atom. The minimum atomic E-state index is -0.749. The van der Waals surface area contributed by atoms with Crippen LogP contribution < -0.4 is 0 Å². The number of rotatable bonds is 1. The number of halogens is 2. The summed E-state index contributed by atoms with van der Waals surface area (Å²) in [5.41, 5.74) is 0.749. The third-order valence-electron chi connectivity index (χ3n) is 2.07. The van der Waals surface area contributed by atoms with Gasteiger partial charge in [0, 0.05) is 5.41 Å². The summed E-state index contributed by atoms with van der Waals surface area (Å²) < 4.78 is 0.780. The minimum Gasteiger partial charge on any atom is -0.481 e. The highest BCUT2D eigenvalue weighted by Gasteiger charge is 2.58. The van der Waals surface area contributed by atoms with Crippen LogP contribution >= 0.6 is 31.9 Å². The van der Waals surface area contributed by atoms with Crippen LogP contribution in [0, 0.1) is 11.3 Å². The second-order valence-corrected chi connectivity index (χ2v) is 5.82. The molecule has 1 atom stereocenters. The predicted molar refractivity (Wildman–Crippen MR) is 49.8 cm³/mol. The van der Waals surface area contributed by atoms with Gasteiger partial charge in [-0.1, -0.05) is 13.8 Å². The Bertz CT molecular complexity index is 239. The van der Waals surface area contributed by atoms with Crippen molar-refractivity contribution in [1.82, 2.24) is 0 Å². The van der Waals surface area contributed by atoms with Crippen molar-refractivity contribution < 1.29 is 9.90 Å². The Morgan fingerprint density at radius 2 is 2.00 bits per heavy atom. The molecule has 0 aromatic heterocycles. The lowest BCUT2D eigenvalue weighted by atomic mass is 10.1. The fourth-order valence-electron chi connectivity index (χ4n) is 1.33. The number of hydrogen-bond donors (Lipinski definition) is 1. The topological polar surface area (TPSA) is 37.3 Å². The van der Waals surface area contributed by atoms with Crippen LogP contribution in [-0.2, 0) is 4.79 Å². The molecule has 0 aliphatic heterocycles.